The molecule has 32 heavy (non-hydrogen) atoms. The van der Waals surface area contributed by atoms with Gasteiger partial charge >= 0.3 is 0 Å². The molecule has 0 spiro atoms. The minimum Gasteiger partial charge on any atom is -0.465 e. The molecule has 1 aromatic carbocycles. The van der Waals surface area contributed by atoms with Crippen LogP contribution >= 0.6 is 0 Å². The number of rotatable bonds is 4. The smallest absolute Gasteiger partial charge is 0.279 e. The normalized spacial score (nSPS) is 14.3. The van der Waals surface area contributed by atoms with E-state index in [9.17, 15) is 0 Å². The number of nitrogens with two attached hydrogens (primary N) is 1. The Kier molecular flexibility index (Phi) is 5.75. The van der Waals surface area contributed by atoms with Crippen molar-refractivity contribution in [3.63, 3.8) is 0 Å². The Morgan fingerprint density at radius 1 is 1.16 bits per heavy atom. The summed E-state index contributed by atoms with van der Waals surface area (Å²) < 4.78 is 16.9. The van der Waals surface area contributed by atoms with E-state index in [0.29, 0.717) is 11.6 Å². The highest BCUT2D eigenvalue weighted by molar-refractivity contribution is 5.69. The van der Waals surface area contributed by atoms with Gasteiger partial charge in [0.15, 0.2) is 0 Å². The molecule has 8 nitrogen and oxygen atoms in total. The predicted octanol–water partition coefficient (Wildman–Crippen LogP) is 3.46. The van der Waals surface area contributed by atoms with Gasteiger partial charge in [0.05, 0.1) is 18.3 Å². The molecule has 1 aliphatic rings. The van der Waals surface area contributed by atoms with Crippen LogP contribution in [-0.4, -0.2) is 40.5 Å². The summed E-state index contributed by atoms with van der Waals surface area (Å²) in [5, 5.41) is 15.3. The molecule has 0 amide bonds. The van der Waals surface area contributed by atoms with E-state index >= 15 is 0 Å². The van der Waals surface area contributed by atoms with Crippen LogP contribution in [0.4, 0.5) is 0 Å². The van der Waals surface area contributed by atoms with Crippen LogP contribution in [0.2, 0.25) is 0 Å². The lowest BCUT2D eigenvalue weighted by Gasteiger charge is -2.28. The van der Waals surface area contributed by atoms with Gasteiger partial charge in [-0.25, -0.2) is 4.98 Å². The van der Waals surface area contributed by atoms with Crippen LogP contribution in [0.3, 0.4) is 0 Å². The van der Waals surface area contributed by atoms with Crippen molar-refractivity contribution in [3.05, 3.63) is 65.6 Å². The zero-order valence-electron chi connectivity index (χ0n) is 18.0. The molecule has 0 saturated carbocycles. The maximum absolute atomic E-state index is 7.51. The highest BCUT2D eigenvalue weighted by atomic mass is 16.5. The van der Waals surface area contributed by atoms with Crippen LogP contribution in [0.15, 0.2) is 48.9 Å². The van der Waals surface area contributed by atoms with Gasteiger partial charge in [0.1, 0.15) is 18.0 Å². The molecule has 3 heterocycles. The summed E-state index contributed by atoms with van der Waals surface area (Å²) in [5.74, 6) is 7.11. The number of benzene rings is 1. The van der Waals surface area contributed by atoms with E-state index in [0.717, 1.165) is 27.8 Å². The number of nitrogens with zero attached hydrogens (tertiary/aromatic N) is 3. The van der Waals surface area contributed by atoms with Crippen molar-refractivity contribution >= 4 is 6.02 Å². The minimum absolute atomic E-state index is 0.166. The van der Waals surface area contributed by atoms with Gasteiger partial charge in [-0.3, -0.25) is 5.41 Å². The number of aromatic nitrogens is 3. The number of fused-ring (bicyclic) bond motifs is 2. The second-order valence-electron chi connectivity index (χ2n) is 7.80. The zero-order valence-corrected chi connectivity index (χ0v) is 18.0. The van der Waals surface area contributed by atoms with Crippen LogP contribution in [-0.2, 0) is 9.47 Å². The van der Waals surface area contributed by atoms with Gasteiger partial charge in [0.25, 0.3) is 6.02 Å². The van der Waals surface area contributed by atoms with Crippen LogP contribution in [0.1, 0.15) is 36.5 Å². The van der Waals surface area contributed by atoms with E-state index in [1.807, 2.05) is 44.2 Å². The lowest BCUT2D eigenvalue weighted by molar-refractivity contribution is 0.0741. The molecule has 1 aliphatic heterocycles. The molecule has 162 valence electrons. The summed E-state index contributed by atoms with van der Waals surface area (Å²) in [6.45, 7) is 3.95. The number of hydrogen-bond donors (Lipinski definition) is 2. The average molecular weight is 429 g/mol. The summed E-state index contributed by atoms with van der Waals surface area (Å²) in [4.78, 5) is 4.48. The van der Waals surface area contributed by atoms with Gasteiger partial charge < -0.3 is 19.9 Å². The Morgan fingerprint density at radius 3 is 2.72 bits per heavy atom. The Hall–Kier alpha value is -3.96. The third kappa shape index (κ3) is 4.53. The molecule has 0 aliphatic carbocycles. The third-order valence-electron chi connectivity index (χ3n) is 5.19. The van der Waals surface area contributed by atoms with Gasteiger partial charge in [-0.15, -0.1) is 0 Å². The van der Waals surface area contributed by atoms with Gasteiger partial charge in [-0.1, -0.05) is 17.9 Å². The molecular formula is C24H23N5O3. The van der Waals surface area contributed by atoms with E-state index in [1.54, 1.807) is 25.7 Å². The van der Waals surface area contributed by atoms with Crippen molar-refractivity contribution < 1.29 is 14.2 Å². The highest BCUT2D eigenvalue weighted by Crippen LogP contribution is 2.44. The predicted molar refractivity (Wildman–Crippen MR) is 119 cm³/mol. The van der Waals surface area contributed by atoms with E-state index in [4.69, 9.17) is 25.4 Å². The average Bonchev–Trinajstić information content (AvgIpc) is 2.80. The van der Waals surface area contributed by atoms with Crippen molar-refractivity contribution in [3.8, 4) is 34.6 Å². The fourth-order valence-electron chi connectivity index (χ4n) is 3.33. The maximum Gasteiger partial charge on any atom is 0.279 e. The number of methoxy groups -OCH3 is 1. The van der Waals surface area contributed by atoms with Crippen molar-refractivity contribution in [2.75, 3.05) is 13.7 Å². The molecule has 3 aromatic rings. The largest absolute Gasteiger partial charge is 0.465 e. The first-order valence-electron chi connectivity index (χ1n) is 10.0. The fraction of sp³-hybridized carbons (Fsp3) is 0.250. The number of amidine groups is 1. The van der Waals surface area contributed by atoms with Crippen molar-refractivity contribution in [2.24, 2.45) is 5.73 Å². The molecule has 0 saturated heterocycles. The first kappa shape index (κ1) is 21.3. The summed E-state index contributed by atoms with van der Waals surface area (Å²) in [5.41, 5.74) is 9.22. The lowest BCUT2D eigenvalue weighted by atomic mass is 9.87. The molecule has 8 heteroatoms. The molecule has 0 radical (unpaired) electrons. The van der Waals surface area contributed by atoms with E-state index < -0.39 is 5.60 Å². The van der Waals surface area contributed by atoms with Gasteiger partial charge in [-0.05, 0) is 43.7 Å². The Labute approximate surface area is 186 Å². The van der Waals surface area contributed by atoms with Crippen LogP contribution in [0.25, 0.3) is 11.1 Å². The number of hydrogen-bond acceptors (Lipinski definition) is 7. The standard InChI is InChI=1S/C24H23N5O3/c1-24(2,30-3)8-6-15-10-19-20(14-31-23(25)26)18-11-16(17-7-9-28-29-13-17)4-5-21(18)32-22(19)27-12-15/h4-5,7,9-13,20H,14H2,1-3H3,(H3,25,26)/t20-/m0/s1. The molecule has 2 aromatic heterocycles. The molecule has 1 atom stereocenters. The van der Waals surface area contributed by atoms with E-state index in [2.05, 4.69) is 27.0 Å². The van der Waals surface area contributed by atoms with Gasteiger partial charge in [0.2, 0.25) is 5.88 Å². The van der Waals surface area contributed by atoms with Crippen molar-refractivity contribution in [2.45, 2.75) is 25.4 Å². The number of nitrogens with one attached hydrogen (secondary N) is 1. The lowest BCUT2D eigenvalue weighted by Crippen LogP contribution is -2.22. The van der Waals surface area contributed by atoms with Crippen molar-refractivity contribution in [1.29, 1.82) is 5.41 Å². The Morgan fingerprint density at radius 2 is 2.00 bits per heavy atom. The summed E-state index contributed by atoms with van der Waals surface area (Å²) in [6.07, 6.45) is 5.02. The number of ether oxygens (including phenoxy) is 3. The maximum atomic E-state index is 7.51. The minimum atomic E-state index is -0.580. The fourth-order valence-corrected chi connectivity index (χ4v) is 3.33. The Bertz CT molecular complexity index is 1220. The first-order chi connectivity index (χ1) is 15.4. The van der Waals surface area contributed by atoms with Gasteiger partial charge in [0, 0.05) is 35.6 Å². The second-order valence-corrected chi connectivity index (χ2v) is 7.80. The second kappa shape index (κ2) is 8.65. The summed E-state index contributed by atoms with van der Waals surface area (Å²) >= 11 is 0. The van der Waals surface area contributed by atoms with Crippen LogP contribution in [0.5, 0.6) is 11.6 Å². The molecule has 0 fully saturated rings. The SMILES string of the molecule is COC(C)(C)C#Cc1cnc2c(c1)[C@@H](COC(=N)N)c1cc(-c3ccnnc3)ccc1O2. The summed E-state index contributed by atoms with van der Waals surface area (Å²) in [7, 11) is 1.62. The van der Waals surface area contributed by atoms with Crippen LogP contribution < -0.4 is 10.5 Å². The topological polar surface area (TPSA) is 116 Å². The van der Waals surface area contributed by atoms with E-state index in [1.165, 1.54) is 0 Å². The van der Waals surface area contributed by atoms with Crippen LogP contribution in [0, 0.1) is 17.3 Å². The molecule has 0 unspecified atom stereocenters. The molecule has 3 N–H and O–H groups in total. The zero-order chi connectivity index (χ0) is 22.7. The van der Waals surface area contributed by atoms with E-state index in [-0.39, 0.29) is 18.5 Å². The van der Waals surface area contributed by atoms with Gasteiger partial charge in [-0.2, -0.15) is 10.2 Å². The first-order valence-corrected chi connectivity index (χ1v) is 10.0. The quantitative estimate of drug-likeness (QED) is 0.371. The number of pyridine rings is 1. The molecule has 0 bridgehead atoms. The Balaban J connectivity index is 1.77. The van der Waals surface area contributed by atoms with Crippen molar-refractivity contribution in [1.82, 2.24) is 15.2 Å². The monoisotopic (exact) mass is 429 g/mol. The molecular weight excluding hydrogens is 406 g/mol. The highest BCUT2D eigenvalue weighted by Gasteiger charge is 2.30. The third-order valence-corrected chi connectivity index (χ3v) is 5.19. The summed E-state index contributed by atoms with van der Waals surface area (Å²) in [6, 6.07) is 9.34. The molecule has 4 rings (SSSR count).